The summed E-state index contributed by atoms with van der Waals surface area (Å²) in [7, 11) is -3.96. The molecule has 1 aromatic rings. The van der Waals surface area contributed by atoms with E-state index in [0.29, 0.717) is 5.92 Å². The van der Waals surface area contributed by atoms with E-state index in [-0.39, 0.29) is 16.3 Å². The van der Waals surface area contributed by atoms with Crippen LogP contribution in [0.15, 0.2) is 29.2 Å². The molecule has 1 fully saturated rings. The summed E-state index contributed by atoms with van der Waals surface area (Å²) in [5.41, 5.74) is -0.000629. The van der Waals surface area contributed by atoms with Crippen molar-refractivity contribution in [2.75, 3.05) is 6.61 Å². The van der Waals surface area contributed by atoms with E-state index in [0.717, 1.165) is 16.3 Å². The molecule has 128 valence electrons. The third kappa shape index (κ3) is 3.40. The quantitative estimate of drug-likeness (QED) is 0.702. The minimum Gasteiger partial charge on any atom is -0.446 e. The Balaban J connectivity index is 2.45. The smallest absolute Gasteiger partial charge is 0.424 e. The minimum absolute atomic E-state index is 0.0412. The molecule has 1 unspecified atom stereocenters. The third-order valence-corrected chi connectivity index (χ3v) is 7.30. The van der Waals surface area contributed by atoms with Gasteiger partial charge in [0.2, 0.25) is 0 Å². The van der Waals surface area contributed by atoms with E-state index in [4.69, 9.17) is 4.74 Å². The van der Waals surface area contributed by atoms with Gasteiger partial charge in [0.15, 0.2) is 0 Å². The maximum atomic E-state index is 13.0. The number of carbonyl (C=O) groups excluding carboxylic acids is 1. The van der Waals surface area contributed by atoms with Crippen LogP contribution >= 0.6 is 15.9 Å². The molecule has 1 heterocycles. The first kappa shape index (κ1) is 18.3. The zero-order chi connectivity index (χ0) is 17.4. The van der Waals surface area contributed by atoms with Crippen LogP contribution in [0.1, 0.15) is 32.8 Å². The third-order valence-electron chi connectivity index (χ3n) is 4.03. The number of ether oxygens (including phenoxy) is 1. The number of halogens is 1. The second-order valence-electron chi connectivity index (χ2n) is 6.59. The van der Waals surface area contributed by atoms with Crippen LogP contribution in [0, 0.1) is 12.8 Å². The topological polar surface area (TPSA) is 63.7 Å². The number of amides is 1. The van der Waals surface area contributed by atoms with Crippen LogP contribution in [0.2, 0.25) is 0 Å². The summed E-state index contributed by atoms with van der Waals surface area (Å²) < 4.78 is 31.9. The molecule has 23 heavy (non-hydrogen) atoms. The molecule has 1 aliphatic heterocycles. The van der Waals surface area contributed by atoms with Crippen molar-refractivity contribution >= 4 is 32.0 Å². The summed E-state index contributed by atoms with van der Waals surface area (Å²) in [5, 5.41) is 0. The number of nitrogens with zero attached hydrogens (tertiary/aromatic N) is 1. The average molecular weight is 404 g/mol. The monoisotopic (exact) mass is 403 g/mol. The van der Waals surface area contributed by atoms with Crippen molar-refractivity contribution in [3.63, 3.8) is 0 Å². The Morgan fingerprint density at radius 2 is 1.87 bits per heavy atom. The SMILES string of the molecule is Cc1ccc(S(=O)(=O)N2C(=O)OCC2(C)[C@H](Br)CC(C)C)cc1. The Morgan fingerprint density at radius 3 is 2.39 bits per heavy atom. The number of cyclic esters (lactones) is 1. The van der Waals surface area contributed by atoms with E-state index < -0.39 is 21.7 Å². The molecule has 1 aliphatic rings. The van der Waals surface area contributed by atoms with Crippen LogP contribution in [0.3, 0.4) is 0 Å². The number of sulfonamides is 1. The highest BCUT2D eigenvalue weighted by molar-refractivity contribution is 9.09. The molecule has 0 radical (unpaired) electrons. The molecule has 7 heteroatoms. The Bertz CT molecular complexity index is 687. The molecule has 0 saturated carbocycles. The lowest BCUT2D eigenvalue weighted by molar-refractivity contribution is 0.169. The van der Waals surface area contributed by atoms with Crippen molar-refractivity contribution in [3.05, 3.63) is 29.8 Å². The highest BCUT2D eigenvalue weighted by atomic mass is 79.9. The van der Waals surface area contributed by atoms with E-state index in [9.17, 15) is 13.2 Å². The summed E-state index contributed by atoms with van der Waals surface area (Å²) in [6.45, 7) is 7.76. The van der Waals surface area contributed by atoms with Crippen LogP contribution in [0.5, 0.6) is 0 Å². The van der Waals surface area contributed by atoms with Gasteiger partial charge in [0, 0.05) is 4.83 Å². The van der Waals surface area contributed by atoms with Gasteiger partial charge in [0.25, 0.3) is 10.0 Å². The van der Waals surface area contributed by atoms with Gasteiger partial charge in [0.05, 0.1) is 4.90 Å². The van der Waals surface area contributed by atoms with E-state index >= 15 is 0 Å². The van der Waals surface area contributed by atoms with E-state index in [1.807, 2.05) is 20.8 Å². The van der Waals surface area contributed by atoms with Crippen molar-refractivity contribution in [2.24, 2.45) is 5.92 Å². The number of alkyl halides is 1. The Kier molecular flexibility index (Phi) is 5.11. The zero-order valence-corrected chi connectivity index (χ0v) is 16.1. The number of carbonyl (C=O) groups is 1. The molecule has 5 nitrogen and oxygen atoms in total. The fraction of sp³-hybridized carbons (Fsp3) is 0.562. The standard InChI is InChI=1S/C16H22BrNO4S/c1-11(2)9-14(17)16(4)10-22-15(19)18(16)23(20,21)13-7-5-12(3)6-8-13/h5-8,11,14H,9-10H2,1-4H3/t14-,16?/m1/s1. The maximum absolute atomic E-state index is 13.0. The first-order valence-corrected chi connectivity index (χ1v) is 9.87. The first-order chi connectivity index (χ1) is 10.6. The van der Waals surface area contributed by atoms with Crippen LogP contribution in [-0.4, -0.2) is 35.8 Å². The minimum atomic E-state index is -3.96. The summed E-state index contributed by atoms with van der Waals surface area (Å²) in [4.78, 5) is 12.1. The van der Waals surface area contributed by atoms with Crippen molar-refractivity contribution in [1.29, 1.82) is 0 Å². The van der Waals surface area contributed by atoms with Crippen molar-refractivity contribution in [1.82, 2.24) is 4.31 Å². The molecule has 0 aromatic heterocycles. The summed E-state index contributed by atoms with van der Waals surface area (Å²) in [6, 6.07) is 6.46. The van der Waals surface area contributed by atoms with Gasteiger partial charge in [-0.2, -0.15) is 4.31 Å². The lowest BCUT2D eigenvalue weighted by atomic mass is 9.93. The Labute approximate surface area is 146 Å². The lowest BCUT2D eigenvalue weighted by Gasteiger charge is -2.35. The molecule has 2 atom stereocenters. The second kappa shape index (κ2) is 6.43. The number of aryl methyl sites for hydroxylation is 1. The predicted molar refractivity (Wildman–Crippen MR) is 92.1 cm³/mol. The molecule has 1 amide bonds. The molecule has 1 aromatic carbocycles. The Morgan fingerprint density at radius 1 is 1.30 bits per heavy atom. The molecule has 2 rings (SSSR count). The highest BCUT2D eigenvalue weighted by Gasteiger charge is 2.54. The van der Waals surface area contributed by atoms with E-state index in [2.05, 4.69) is 15.9 Å². The molecule has 1 saturated heterocycles. The van der Waals surface area contributed by atoms with Crippen LogP contribution in [0.4, 0.5) is 4.79 Å². The van der Waals surface area contributed by atoms with Crippen LogP contribution in [-0.2, 0) is 14.8 Å². The number of hydrogen-bond donors (Lipinski definition) is 0. The van der Waals surface area contributed by atoms with Gasteiger partial charge >= 0.3 is 6.09 Å². The normalized spacial score (nSPS) is 23.2. The molecular weight excluding hydrogens is 382 g/mol. The number of benzene rings is 1. The molecule has 0 bridgehead atoms. The van der Waals surface area contributed by atoms with Gasteiger partial charge in [-0.05, 0) is 38.3 Å². The van der Waals surface area contributed by atoms with Gasteiger partial charge in [-0.3, -0.25) is 0 Å². The fourth-order valence-corrected chi connectivity index (χ4v) is 5.50. The molecule has 0 spiro atoms. The van der Waals surface area contributed by atoms with Crippen molar-refractivity contribution in [3.8, 4) is 0 Å². The van der Waals surface area contributed by atoms with Gasteiger partial charge in [-0.1, -0.05) is 47.5 Å². The van der Waals surface area contributed by atoms with E-state index in [1.165, 1.54) is 12.1 Å². The van der Waals surface area contributed by atoms with Gasteiger partial charge in [0.1, 0.15) is 12.1 Å². The van der Waals surface area contributed by atoms with Gasteiger partial charge in [-0.15, -0.1) is 0 Å². The van der Waals surface area contributed by atoms with Crippen LogP contribution < -0.4 is 0 Å². The first-order valence-electron chi connectivity index (χ1n) is 7.52. The summed E-state index contributed by atoms with van der Waals surface area (Å²) in [5.74, 6) is 0.357. The molecular formula is C16H22BrNO4S. The lowest BCUT2D eigenvalue weighted by Crippen LogP contribution is -2.54. The maximum Gasteiger partial charge on any atom is 0.424 e. The zero-order valence-electron chi connectivity index (χ0n) is 13.7. The van der Waals surface area contributed by atoms with Crippen molar-refractivity contribution in [2.45, 2.75) is 49.4 Å². The average Bonchev–Trinajstić information content (AvgIpc) is 2.76. The molecule has 0 aliphatic carbocycles. The van der Waals surface area contributed by atoms with Crippen molar-refractivity contribution < 1.29 is 17.9 Å². The Hall–Kier alpha value is -1.08. The number of hydrogen-bond acceptors (Lipinski definition) is 4. The number of rotatable bonds is 5. The summed E-state index contributed by atoms with van der Waals surface area (Å²) in [6.07, 6.45) is -0.0890. The van der Waals surface area contributed by atoms with Gasteiger partial charge < -0.3 is 4.74 Å². The second-order valence-corrected chi connectivity index (χ2v) is 9.48. The predicted octanol–water partition coefficient (Wildman–Crippen LogP) is 3.70. The summed E-state index contributed by atoms with van der Waals surface area (Å²) >= 11 is 3.57. The largest absolute Gasteiger partial charge is 0.446 e. The van der Waals surface area contributed by atoms with Gasteiger partial charge in [-0.25, -0.2) is 13.2 Å². The highest BCUT2D eigenvalue weighted by Crippen LogP contribution is 2.38. The fourth-order valence-electron chi connectivity index (χ4n) is 2.61. The van der Waals surface area contributed by atoms with E-state index in [1.54, 1.807) is 19.1 Å². The van der Waals surface area contributed by atoms with Crippen LogP contribution in [0.25, 0.3) is 0 Å². The molecule has 0 N–H and O–H groups in total.